The van der Waals surface area contributed by atoms with Gasteiger partial charge in [0.2, 0.25) is 0 Å². The number of hydrogen-bond donors (Lipinski definition) is 1. The van der Waals surface area contributed by atoms with Gasteiger partial charge in [-0.15, -0.1) is 0 Å². The zero-order chi connectivity index (χ0) is 14.5. The Labute approximate surface area is 133 Å². The van der Waals surface area contributed by atoms with E-state index in [9.17, 15) is 0 Å². The molecular weight excluding hydrogens is 336 g/mol. The van der Waals surface area contributed by atoms with E-state index in [1.54, 1.807) is 0 Å². The van der Waals surface area contributed by atoms with Crippen molar-refractivity contribution in [2.24, 2.45) is 0 Å². The van der Waals surface area contributed by atoms with Crippen LogP contribution in [-0.4, -0.2) is 19.0 Å². The first-order valence-corrected chi connectivity index (χ1v) is 7.63. The quantitative estimate of drug-likeness (QED) is 0.832. The zero-order valence-electron chi connectivity index (χ0n) is 11.7. The third-order valence-electron chi connectivity index (χ3n) is 2.91. The van der Waals surface area contributed by atoms with Gasteiger partial charge in [0.15, 0.2) is 0 Å². The second-order valence-corrected chi connectivity index (χ2v) is 6.30. The summed E-state index contributed by atoms with van der Waals surface area (Å²) in [6, 6.07) is 14.5. The normalized spacial score (nSPS) is 10.8. The van der Waals surface area contributed by atoms with Crippen LogP contribution in [0.4, 0.5) is 5.69 Å². The van der Waals surface area contributed by atoms with Gasteiger partial charge in [0.25, 0.3) is 0 Å². The van der Waals surface area contributed by atoms with Crippen molar-refractivity contribution in [3.63, 3.8) is 0 Å². The summed E-state index contributed by atoms with van der Waals surface area (Å²) in [4.78, 5) is 2.16. The highest BCUT2D eigenvalue weighted by atomic mass is 79.9. The fraction of sp³-hybridized carbons (Fsp3) is 0.250. The van der Waals surface area contributed by atoms with E-state index in [0.29, 0.717) is 0 Å². The van der Waals surface area contributed by atoms with E-state index >= 15 is 0 Å². The second-order valence-electron chi connectivity index (χ2n) is 5.04. The SMILES string of the molecule is CN(C)Cc1cccc(NCc2ccc(Cl)c(Br)c2)c1. The molecule has 0 bridgehead atoms. The van der Waals surface area contributed by atoms with Gasteiger partial charge in [-0.3, -0.25) is 0 Å². The number of halogens is 2. The summed E-state index contributed by atoms with van der Waals surface area (Å²) in [5.41, 5.74) is 3.63. The molecule has 0 aliphatic heterocycles. The van der Waals surface area contributed by atoms with Gasteiger partial charge in [0, 0.05) is 23.2 Å². The maximum absolute atomic E-state index is 6.00. The molecule has 0 aliphatic rings. The lowest BCUT2D eigenvalue weighted by molar-refractivity contribution is 0.402. The third kappa shape index (κ3) is 4.51. The largest absolute Gasteiger partial charge is 0.381 e. The molecule has 0 heterocycles. The summed E-state index contributed by atoms with van der Waals surface area (Å²) in [5, 5.41) is 4.18. The topological polar surface area (TPSA) is 15.3 Å². The van der Waals surface area contributed by atoms with Crippen LogP contribution in [0.25, 0.3) is 0 Å². The predicted molar refractivity (Wildman–Crippen MR) is 90.3 cm³/mol. The van der Waals surface area contributed by atoms with Crippen molar-refractivity contribution >= 4 is 33.2 Å². The lowest BCUT2D eigenvalue weighted by Crippen LogP contribution is -2.10. The maximum Gasteiger partial charge on any atom is 0.0548 e. The standard InChI is InChI=1S/C16H18BrClN2/c1-20(2)11-13-4-3-5-14(8-13)19-10-12-6-7-16(18)15(17)9-12/h3-9,19H,10-11H2,1-2H3. The van der Waals surface area contributed by atoms with Gasteiger partial charge in [-0.1, -0.05) is 29.8 Å². The molecule has 106 valence electrons. The Morgan fingerprint density at radius 1 is 1.10 bits per heavy atom. The van der Waals surface area contributed by atoms with Crippen LogP contribution >= 0.6 is 27.5 Å². The van der Waals surface area contributed by atoms with Gasteiger partial charge in [-0.2, -0.15) is 0 Å². The van der Waals surface area contributed by atoms with E-state index in [2.05, 4.69) is 64.5 Å². The van der Waals surface area contributed by atoms with Crippen molar-refractivity contribution in [1.82, 2.24) is 4.90 Å². The molecule has 0 atom stereocenters. The van der Waals surface area contributed by atoms with Gasteiger partial charge in [-0.25, -0.2) is 0 Å². The summed E-state index contributed by atoms with van der Waals surface area (Å²) >= 11 is 9.44. The van der Waals surface area contributed by atoms with Crippen molar-refractivity contribution in [2.45, 2.75) is 13.1 Å². The molecule has 0 aromatic heterocycles. The van der Waals surface area contributed by atoms with Crippen LogP contribution in [0.5, 0.6) is 0 Å². The van der Waals surface area contributed by atoms with Crippen LogP contribution in [-0.2, 0) is 13.1 Å². The third-order valence-corrected chi connectivity index (χ3v) is 4.12. The first-order chi connectivity index (χ1) is 9.54. The van der Waals surface area contributed by atoms with E-state index in [-0.39, 0.29) is 0 Å². The molecule has 0 fully saturated rings. The fourth-order valence-corrected chi connectivity index (χ4v) is 2.54. The van der Waals surface area contributed by atoms with Gasteiger partial charge in [0.1, 0.15) is 0 Å². The summed E-state index contributed by atoms with van der Waals surface area (Å²) in [6.45, 7) is 1.73. The van der Waals surface area contributed by atoms with Gasteiger partial charge >= 0.3 is 0 Å². The molecule has 0 saturated heterocycles. The summed E-state index contributed by atoms with van der Waals surface area (Å²) in [6.07, 6.45) is 0. The number of nitrogens with one attached hydrogen (secondary N) is 1. The van der Waals surface area contributed by atoms with E-state index in [1.807, 2.05) is 18.2 Å². The number of rotatable bonds is 5. The first-order valence-electron chi connectivity index (χ1n) is 6.46. The monoisotopic (exact) mass is 352 g/mol. The summed E-state index contributed by atoms with van der Waals surface area (Å²) < 4.78 is 0.930. The van der Waals surface area contributed by atoms with Crippen LogP contribution in [0.2, 0.25) is 5.02 Å². The lowest BCUT2D eigenvalue weighted by atomic mass is 10.1. The Bertz CT molecular complexity index is 584. The molecule has 0 aliphatic carbocycles. The average molecular weight is 354 g/mol. The molecule has 2 nitrogen and oxygen atoms in total. The summed E-state index contributed by atoms with van der Waals surface area (Å²) in [5.74, 6) is 0. The Morgan fingerprint density at radius 3 is 2.60 bits per heavy atom. The minimum atomic E-state index is 0.738. The van der Waals surface area contributed by atoms with Crippen LogP contribution in [0, 0.1) is 0 Å². The van der Waals surface area contributed by atoms with E-state index < -0.39 is 0 Å². The van der Waals surface area contributed by atoms with Crippen molar-refractivity contribution in [3.05, 3.63) is 63.1 Å². The van der Waals surface area contributed by atoms with Crippen LogP contribution in [0.3, 0.4) is 0 Å². The average Bonchev–Trinajstić information content (AvgIpc) is 2.40. The molecule has 2 aromatic rings. The van der Waals surface area contributed by atoms with E-state index in [1.165, 1.54) is 11.1 Å². The molecule has 2 aromatic carbocycles. The number of hydrogen-bond acceptors (Lipinski definition) is 2. The Morgan fingerprint density at radius 2 is 1.90 bits per heavy atom. The van der Waals surface area contributed by atoms with Crippen molar-refractivity contribution < 1.29 is 0 Å². The first kappa shape index (κ1) is 15.4. The summed E-state index contributed by atoms with van der Waals surface area (Å²) in [7, 11) is 4.15. The Kier molecular flexibility index (Phi) is 5.46. The number of nitrogens with zero attached hydrogens (tertiary/aromatic N) is 1. The lowest BCUT2D eigenvalue weighted by Gasteiger charge is -2.12. The zero-order valence-corrected chi connectivity index (χ0v) is 14.0. The molecular formula is C16H18BrClN2. The minimum Gasteiger partial charge on any atom is -0.381 e. The van der Waals surface area contributed by atoms with Crippen LogP contribution in [0.1, 0.15) is 11.1 Å². The smallest absolute Gasteiger partial charge is 0.0548 e. The fourth-order valence-electron chi connectivity index (χ4n) is 2.00. The second kappa shape index (κ2) is 7.11. The molecule has 1 N–H and O–H groups in total. The van der Waals surface area contributed by atoms with Gasteiger partial charge in [-0.05, 0) is 65.4 Å². The van der Waals surface area contributed by atoms with Crippen molar-refractivity contribution in [2.75, 3.05) is 19.4 Å². The van der Waals surface area contributed by atoms with Crippen LogP contribution < -0.4 is 5.32 Å². The highest BCUT2D eigenvalue weighted by Crippen LogP contribution is 2.23. The number of benzene rings is 2. The predicted octanol–water partition coefficient (Wildman–Crippen LogP) is 4.78. The molecule has 0 spiro atoms. The Hall–Kier alpha value is -1.03. The highest BCUT2D eigenvalue weighted by Gasteiger charge is 2.01. The van der Waals surface area contributed by atoms with E-state index in [0.717, 1.165) is 28.3 Å². The molecule has 20 heavy (non-hydrogen) atoms. The highest BCUT2D eigenvalue weighted by molar-refractivity contribution is 9.10. The molecule has 0 unspecified atom stereocenters. The van der Waals surface area contributed by atoms with E-state index in [4.69, 9.17) is 11.6 Å². The minimum absolute atomic E-state index is 0.738. The maximum atomic E-state index is 6.00. The van der Waals surface area contributed by atoms with Crippen molar-refractivity contribution in [1.29, 1.82) is 0 Å². The molecule has 4 heteroatoms. The van der Waals surface area contributed by atoms with Gasteiger partial charge in [0.05, 0.1) is 5.02 Å². The van der Waals surface area contributed by atoms with Crippen LogP contribution in [0.15, 0.2) is 46.9 Å². The van der Waals surface area contributed by atoms with Gasteiger partial charge < -0.3 is 10.2 Å². The number of anilines is 1. The Balaban J connectivity index is 2.01. The molecule has 0 saturated carbocycles. The molecule has 2 rings (SSSR count). The molecule has 0 radical (unpaired) electrons. The molecule has 0 amide bonds. The van der Waals surface area contributed by atoms with Crippen molar-refractivity contribution in [3.8, 4) is 0 Å².